The lowest BCUT2D eigenvalue weighted by Crippen LogP contribution is -2.11. The topological polar surface area (TPSA) is 129 Å². The van der Waals surface area contributed by atoms with Gasteiger partial charge in [-0.05, 0) is 0 Å². The first kappa shape index (κ1) is 13.8. The van der Waals surface area contributed by atoms with Crippen LogP contribution in [-0.4, -0.2) is 15.8 Å². The van der Waals surface area contributed by atoms with E-state index in [9.17, 15) is 25.0 Å². The van der Waals surface area contributed by atoms with Crippen LogP contribution >= 0.6 is 12.4 Å². The molecule has 0 bridgehead atoms. The number of carbonyl (C=O) groups is 1. The molecule has 0 aromatic heterocycles. The van der Waals surface area contributed by atoms with E-state index in [4.69, 9.17) is 5.73 Å². The first-order valence-corrected chi connectivity index (χ1v) is 3.65. The zero-order valence-corrected chi connectivity index (χ0v) is 8.47. The van der Waals surface area contributed by atoms with Gasteiger partial charge in [0, 0.05) is 12.1 Å². The number of halogens is 1. The predicted molar refractivity (Wildman–Crippen MR) is 55.5 cm³/mol. The number of benzene rings is 1. The lowest BCUT2D eigenvalue weighted by atomic mass is 10.1. The Balaban J connectivity index is 0.00000225. The van der Waals surface area contributed by atoms with E-state index < -0.39 is 27.1 Å². The summed E-state index contributed by atoms with van der Waals surface area (Å²) in [6.07, 6.45) is 0. The number of hydrogen-bond acceptors (Lipinski definition) is 5. The molecule has 0 saturated carbocycles. The van der Waals surface area contributed by atoms with Crippen LogP contribution in [-0.2, 0) is 0 Å². The molecule has 0 aliphatic carbocycles. The number of nitrogens with two attached hydrogens (primary N) is 1. The van der Waals surface area contributed by atoms with E-state index in [1.165, 1.54) is 0 Å². The normalized spacial score (nSPS) is 9.00. The van der Waals surface area contributed by atoms with Gasteiger partial charge in [0.2, 0.25) is 5.91 Å². The third kappa shape index (κ3) is 2.89. The Morgan fingerprint density at radius 3 is 1.69 bits per heavy atom. The van der Waals surface area contributed by atoms with Crippen molar-refractivity contribution < 1.29 is 14.6 Å². The molecule has 0 aliphatic heterocycles. The molecule has 0 spiro atoms. The maximum Gasteiger partial charge on any atom is 0.277 e. The summed E-state index contributed by atoms with van der Waals surface area (Å²) < 4.78 is 0. The van der Waals surface area contributed by atoms with Crippen molar-refractivity contribution in [2.24, 2.45) is 5.73 Å². The van der Waals surface area contributed by atoms with Crippen LogP contribution in [0.2, 0.25) is 0 Å². The fraction of sp³-hybridized carbons (Fsp3) is 0. The molecule has 16 heavy (non-hydrogen) atoms. The Kier molecular flexibility index (Phi) is 4.33. The summed E-state index contributed by atoms with van der Waals surface area (Å²) in [4.78, 5) is 29.8. The second kappa shape index (κ2) is 5.03. The average molecular weight is 248 g/mol. The zero-order chi connectivity index (χ0) is 11.6. The first-order valence-electron chi connectivity index (χ1n) is 3.65. The lowest BCUT2D eigenvalue weighted by molar-refractivity contribution is -0.394. The van der Waals surface area contributed by atoms with Crippen molar-refractivity contribution in [1.29, 1.82) is 0 Å². The van der Waals surface area contributed by atoms with Gasteiger partial charge in [-0.3, -0.25) is 25.0 Å². The molecule has 86 valence electrons. The predicted octanol–water partition coefficient (Wildman–Crippen LogP) is 1.02. The number of non-ortho nitro benzene ring substituents is 2. The number of amides is 1. The fourth-order valence-corrected chi connectivity index (χ4v) is 0.948. The van der Waals surface area contributed by atoms with Gasteiger partial charge in [-0.2, -0.15) is 0 Å². The van der Waals surface area contributed by atoms with Crippen molar-refractivity contribution in [2.45, 2.75) is 0 Å². The van der Waals surface area contributed by atoms with E-state index in [-0.39, 0.29) is 18.0 Å². The van der Waals surface area contributed by atoms with Gasteiger partial charge in [0.15, 0.2) is 0 Å². The van der Waals surface area contributed by atoms with Gasteiger partial charge in [0.1, 0.15) is 0 Å². The highest BCUT2D eigenvalue weighted by atomic mass is 35.5. The molecule has 0 radical (unpaired) electrons. The number of rotatable bonds is 3. The van der Waals surface area contributed by atoms with Gasteiger partial charge in [-0.25, -0.2) is 0 Å². The van der Waals surface area contributed by atoms with Crippen LogP contribution in [0.15, 0.2) is 18.2 Å². The maximum absolute atomic E-state index is 10.7. The van der Waals surface area contributed by atoms with E-state index in [0.717, 1.165) is 18.2 Å². The first-order chi connectivity index (χ1) is 6.91. The van der Waals surface area contributed by atoms with Crippen LogP contribution in [0.4, 0.5) is 11.4 Å². The molecular formula is C7H6ClN3O5. The van der Waals surface area contributed by atoms with Crippen LogP contribution in [0.25, 0.3) is 0 Å². The highest BCUT2D eigenvalue weighted by Gasteiger charge is 2.18. The van der Waals surface area contributed by atoms with Crippen molar-refractivity contribution in [3.05, 3.63) is 44.0 Å². The van der Waals surface area contributed by atoms with E-state index in [1.54, 1.807) is 0 Å². The minimum Gasteiger partial charge on any atom is -0.366 e. The number of primary amides is 1. The summed E-state index contributed by atoms with van der Waals surface area (Å²) >= 11 is 0. The van der Waals surface area contributed by atoms with Crippen molar-refractivity contribution in [2.75, 3.05) is 0 Å². The molecule has 1 rings (SSSR count). The Hall–Kier alpha value is -2.22. The average Bonchev–Trinajstić information content (AvgIpc) is 2.16. The van der Waals surface area contributed by atoms with Crippen LogP contribution in [0.5, 0.6) is 0 Å². The smallest absolute Gasteiger partial charge is 0.277 e. The third-order valence-corrected chi connectivity index (χ3v) is 1.61. The van der Waals surface area contributed by atoms with E-state index in [2.05, 4.69) is 0 Å². The largest absolute Gasteiger partial charge is 0.366 e. The number of nitro benzene ring substituents is 2. The minimum absolute atomic E-state index is 0. The maximum atomic E-state index is 10.7. The molecule has 2 N–H and O–H groups in total. The SMILES string of the molecule is Cl.NC(=O)c1cc([N+](=O)[O-])cc([N+](=O)[O-])c1. The number of nitro groups is 2. The van der Waals surface area contributed by atoms with Crippen LogP contribution in [0.1, 0.15) is 10.4 Å². The quantitative estimate of drug-likeness (QED) is 0.629. The molecule has 1 aromatic carbocycles. The van der Waals surface area contributed by atoms with Gasteiger partial charge < -0.3 is 5.73 Å². The summed E-state index contributed by atoms with van der Waals surface area (Å²) in [5, 5.41) is 20.8. The van der Waals surface area contributed by atoms with Gasteiger partial charge in [0.05, 0.1) is 21.5 Å². The zero-order valence-electron chi connectivity index (χ0n) is 7.65. The second-order valence-electron chi connectivity index (χ2n) is 2.62. The third-order valence-electron chi connectivity index (χ3n) is 1.61. The molecular weight excluding hydrogens is 242 g/mol. The molecule has 8 nitrogen and oxygen atoms in total. The number of hydrogen-bond donors (Lipinski definition) is 1. The minimum atomic E-state index is -0.957. The Morgan fingerprint density at radius 2 is 1.44 bits per heavy atom. The summed E-state index contributed by atoms with van der Waals surface area (Å²) in [5.74, 6) is -0.957. The van der Waals surface area contributed by atoms with E-state index in [1.807, 2.05) is 0 Å². The summed E-state index contributed by atoms with van der Waals surface area (Å²) in [6, 6.07) is 2.52. The molecule has 0 fully saturated rings. The summed E-state index contributed by atoms with van der Waals surface area (Å²) in [5.41, 5.74) is 3.51. The van der Waals surface area contributed by atoms with E-state index in [0.29, 0.717) is 0 Å². The van der Waals surface area contributed by atoms with Gasteiger partial charge in [-0.15, -0.1) is 12.4 Å². The molecule has 1 aromatic rings. The van der Waals surface area contributed by atoms with Crippen molar-refractivity contribution in [1.82, 2.24) is 0 Å². The molecule has 0 aliphatic rings. The van der Waals surface area contributed by atoms with Gasteiger partial charge in [0.25, 0.3) is 11.4 Å². The molecule has 0 saturated heterocycles. The van der Waals surface area contributed by atoms with Gasteiger partial charge >= 0.3 is 0 Å². The van der Waals surface area contributed by atoms with Crippen molar-refractivity contribution in [3.63, 3.8) is 0 Å². The molecule has 0 heterocycles. The van der Waals surface area contributed by atoms with Crippen LogP contribution < -0.4 is 5.73 Å². The van der Waals surface area contributed by atoms with Crippen molar-refractivity contribution in [3.8, 4) is 0 Å². The molecule has 0 atom stereocenters. The summed E-state index contributed by atoms with van der Waals surface area (Å²) in [7, 11) is 0. The van der Waals surface area contributed by atoms with E-state index >= 15 is 0 Å². The van der Waals surface area contributed by atoms with Crippen molar-refractivity contribution >= 4 is 29.7 Å². The van der Waals surface area contributed by atoms with Crippen LogP contribution in [0.3, 0.4) is 0 Å². The Bertz CT molecular complexity index is 382. The molecule has 0 unspecified atom stereocenters. The van der Waals surface area contributed by atoms with Crippen LogP contribution in [0, 0.1) is 20.2 Å². The van der Waals surface area contributed by atoms with Gasteiger partial charge in [-0.1, -0.05) is 0 Å². The Morgan fingerprint density at radius 1 is 1.06 bits per heavy atom. The summed E-state index contributed by atoms with van der Waals surface area (Å²) in [6.45, 7) is 0. The Labute approximate surface area is 94.8 Å². The lowest BCUT2D eigenvalue weighted by Gasteiger charge is -1.96. The monoisotopic (exact) mass is 247 g/mol. The fourth-order valence-electron chi connectivity index (χ4n) is 0.948. The second-order valence-corrected chi connectivity index (χ2v) is 2.62. The number of carbonyl (C=O) groups excluding carboxylic acids is 1. The highest BCUT2D eigenvalue weighted by molar-refractivity contribution is 5.94. The standard InChI is InChI=1S/C7H5N3O5.ClH/c8-7(11)4-1-5(9(12)13)3-6(2-4)10(14)15;/h1-3H,(H2,8,11);1H. The highest BCUT2D eigenvalue weighted by Crippen LogP contribution is 2.22. The number of nitrogens with zero attached hydrogens (tertiary/aromatic N) is 2. The molecule has 9 heteroatoms. The molecule has 1 amide bonds.